The molecule has 1 unspecified atom stereocenters. The van der Waals surface area contributed by atoms with Gasteiger partial charge in [-0.1, -0.05) is 30.3 Å². The van der Waals surface area contributed by atoms with Crippen molar-refractivity contribution in [1.82, 2.24) is 10.3 Å². The van der Waals surface area contributed by atoms with Gasteiger partial charge in [0.25, 0.3) is 0 Å². The van der Waals surface area contributed by atoms with E-state index in [-0.39, 0.29) is 25.6 Å². The fourth-order valence-electron chi connectivity index (χ4n) is 2.05. The summed E-state index contributed by atoms with van der Waals surface area (Å²) in [4.78, 5) is 23.6. The Labute approximate surface area is 145 Å². The Morgan fingerprint density at radius 1 is 1.29 bits per heavy atom. The summed E-state index contributed by atoms with van der Waals surface area (Å²) in [5.41, 5.74) is 0.406. The van der Waals surface area contributed by atoms with Crippen molar-refractivity contribution in [3.63, 3.8) is 0 Å². The van der Waals surface area contributed by atoms with Crippen molar-refractivity contribution in [2.24, 2.45) is 5.29 Å². The number of nitroso groups, excluding NO2 is 1. The van der Waals surface area contributed by atoms with Crippen LogP contribution >= 0.6 is 19.2 Å². The molecule has 0 radical (unpaired) electrons. The molecule has 0 aliphatic rings. The summed E-state index contributed by atoms with van der Waals surface area (Å²) in [5, 5.41) is 5.70. The molecule has 1 aromatic rings. The van der Waals surface area contributed by atoms with Gasteiger partial charge < -0.3 is 14.4 Å². The molecule has 1 rings (SSSR count). The second kappa shape index (κ2) is 10.4. The summed E-state index contributed by atoms with van der Waals surface area (Å²) in [6, 6.07) is 7.51. The van der Waals surface area contributed by atoms with Crippen molar-refractivity contribution < 1.29 is 18.4 Å². The second-order valence-corrected chi connectivity index (χ2v) is 6.97. The quantitative estimate of drug-likeness (QED) is 0.289. The lowest BCUT2D eigenvalue weighted by atomic mass is 10.2. The van der Waals surface area contributed by atoms with E-state index in [4.69, 9.17) is 20.6 Å². The first-order valence-corrected chi connectivity index (χ1v) is 9.58. The summed E-state index contributed by atoms with van der Waals surface area (Å²) in [5.74, 6) is -1.14. The van der Waals surface area contributed by atoms with E-state index in [1.54, 1.807) is 44.2 Å². The molecule has 0 bridgehead atoms. The van der Waals surface area contributed by atoms with Crippen molar-refractivity contribution >= 4 is 25.2 Å². The molecule has 1 atom stereocenters. The first-order valence-electron chi connectivity index (χ1n) is 7.44. The maximum atomic E-state index is 13.2. The Balaban J connectivity index is 3.33. The van der Waals surface area contributed by atoms with Gasteiger partial charge in [-0.05, 0) is 19.4 Å². The molecule has 1 N–H and O–H groups in total. The number of hydrogen-bond donors (Lipinski definition) is 1. The van der Waals surface area contributed by atoms with Crippen molar-refractivity contribution in [2.75, 3.05) is 25.6 Å². The number of halogens is 1. The third-order valence-electron chi connectivity index (χ3n) is 2.91. The van der Waals surface area contributed by atoms with Gasteiger partial charge in [-0.3, -0.25) is 4.57 Å². The molecule has 2 amide bonds. The lowest BCUT2D eigenvalue weighted by Crippen LogP contribution is -2.40. The van der Waals surface area contributed by atoms with Gasteiger partial charge in [0, 0.05) is 12.4 Å². The molecule has 0 saturated carbocycles. The zero-order valence-corrected chi connectivity index (χ0v) is 15.2. The first kappa shape index (κ1) is 20.6. The Hall–Kier alpha value is -1.47. The molecule has 0 heterocycles. The van der Waals surface area contributed by atoms with Crippen molar-refractivity contribution in [3.8, 4) is 0 Å². The van der Waals surface area contributed by atoms with E-state index in [2.05, 4.69) is 10.6 Å². The van der Waals surface area contributed by atoms with Crippen molar-refractivity contribution in [2.45, 2.75) is 19.6 Å². The van der Waals surface area contributed by atoms with Gasteiger partial charge in [0.1, 0.15) is 0 Å². The number of carbonyl (C=O) groups is 1. The van der Waals surface area contributed by atoms with Crippen molar-refractivity contribution in [1.29, 1.82) is 0 Å². The highest BCUT2D eigenvalue weighted by atomic mass is 35.5. The molecular formula is C14H21ClN3O5P. The minimum atomic E-state index is -3.87. The van der Waals surface area contributed by atoms with Gasteiger partial charge in [-0.2, -0.15) is 5.01 Å². The molecule has 8 nitrogen and oxygen atoms in total. The van der Waals surface area contributed by atoms with E-state index < -0.39 is 19.4 Å². The number of carbonyl (C=O) groups excluding carboxylic acids is 1. The lowest BCUT2D eigenvalue weighted by Gasteiger charge is -2.30. The Kier molecular flexibility index (Phi) is 8.92. The maximum Gasteiger partial charge on any atom is 0.359 e. The monoisotopic (exact) mass is 377 g/mol. The predicted octanol–water partition coefficient (Wildman–Crippen LogP) is 3.88. The molecule has 0 saturated heterocycles. The highest BCUT2D eigenvalue weighted by Gasteiger charge is 2.44. The number of alkyl halides is 1. The molecule has 0 spiro atoms. The predicted molar refractivity (Wildman–Crippen MR) is 91.8 cm³/mol. The van der Waals surface area contributed by atoms with Crippen LogP contribution in [0.1, 0.15) is 25.2 Å². The summed E-state index contributed by atoms with van der Waals surface area (Å²) in [6.07, 6.45) is 0. The SMILES string of the molecule is CCOP(=O)(OCC)C(c1ccccc1)N(N=O)C(=O)NCCCl. The highest BCUT2D eigenvalue weighted by Crippen LogP contribution is 2.62. The summed E-state index contributed by atoms with van der Waals surface area (Å²) < 4.78 is 23.8. The molecule has 0 aliphatic heterocycles. The molecule has 0 aromatic heterocycles. The Morgan fingerprint density at radius 2 is 1.88 bits per heavy atom. The lowest BCUT2D eigenvalue weighted by molar-refractivity contribution is 0.160. The number of hydrogen-bond acceptors (Lipinski definition) is 6. The fraction of sp³-hybridized carbons (Fsp3) is 0.500. The van der Waals surface area contributed by atoms with Crippen LogP contribution in [0, 0.1) is 4.91 Å². The van der Waals surface area contributed by atoms with Gasteiger partial charge in [0.15, 0.2) is 5.78 Å². The Morgan fingerprint density at radius 3 is 2.33 bits per heavy atom. The van der Waals surface area contributed by atoms with Crippen LogP contribution in [0.25, 0.3) is 0 Å². The normalized spacial score (nSPS) is 12.5. The van der Waals surface area contributed by atoms with Crippen LogP contribution in [0.3, 0.4) is 0 Å². The third kappa shape index (κ3) is 5.27. The maximum absolute atomic E-state index is 13.2. The van der Waals surface area contributed by atoms with E-state index in [1.165, 1.54) is 0 Å². The number of urea groups is 1. The van der Waals surface area contributed by atoms with E-state index in [9.17, 15) is 14.3 Å². The van der Waals surface area contributed by atoms with Gasteiger partial charge in [-0.15, -0.1) is 16.5 Å². The largest absolute Gasteiger partial charge is 0.359 e. The Bertz CT molecular complexity index is 565. The summed E-state index contributed by atoms with van der Waals surface area (Å²) >= 11 is 5.53. The number of amides is 2. The number of benzene rings is 1. The minimum Gasteiger partial charge on any atom is -0.335 e. The van der Waals surface area contributed by atoms with Gasteiger partial charge in [0.05, 0.1) is 18.5 Å². The minimum absolute atomic E-state index is 0.0800. The first-order chi connectivity index (χ1) is 11.5. The topological polar surface area (TPSA) is 97.3 Å². The zero-order valence-electron chi connectivity index (χ0n) is 13.6. The number of nitrogens with zero attached hydrogens (tertiary/aromatic N) is 2. The molecule has 1 aromatic carbocycles. The van der Waals surface area contributed by atoms with Crippen LogP contribution < -0.4 is 5.32 Å². The molecule has 24 heavy (non-hydrogen) atoms. The van der Waals surface area contributed by atoms with E-state index in [1.807, 2.05) is 0 Å². The van der Waals surface area contributed by atoms with Crippen LogP contribution in [0.5, 0.6) is 0 Å². The summed E-state index contributed by atoms with van der Waals surface area (Å²) in [6.45, 7) is 3.56. The number of rotatable bonds is 10. The zero-order chi connectivity index (χ0) is 18.0. The average Bonchev–Trinajstić information content (AvgIpc) is 2.58. The van der Waals surface area contributed by atoms with Crippen LogP contribution in [-0.4, -0.2) is 36.7 Å². The smallest absolute Gasteiger partial charge is 0.335 e. The fourth-order valence-corrected chi connectivity index (χ4v) is 4.17. The molecule has 0 fully saturated rings. The van der Waals surface area contributed by atoms with Crippen LogP contribution in [0.15, 0.2) is 35.6 Å². The average molecular weight is 378 g/mol. The van der Waals surface area contributed by atoms with Crippen LogP contribution in [0.4, 0.5) is 4.79 Å². The van der Waals surface area contributed by atoms with Gasteiger partial charge >= 0.3 is 13.6 Å². The van der Waals surface area contributed by atoms with Crippen LogP contribution in [0.2, 0.25) is 0 Å². The standard InChI is InChI=1S/C14H21ClN3O5P/c1-3-22-24(21,23-4-2)13(12-8-6-5-7-9-12)18(17-20)14(19)16-11-10-15/h5-9,13H,3-4,10-11H2,1-2H3,(H,16,19). The summed E-state index contributed by atoms with van der Waals surface area (Å²) in [7, 11) is -3.87. The third-order valence-corrected chi connectivity index (χ3v) is 5.45. The van der Waals surface area contributed by atoms with E-state index in [0.717, 1.165) is 0 Å². The van der Waals surface area contributed by atoms with E-state index in [0.29, 0.717) is 10.6 Å². The van der Waals surface area contributed by atoms with Crippen LogP contribution in [-0.2, 0) is 13.6 Å². The van der Waals surface area contributed by atoms with E-state index >= 15 is 0 Å². The highest BCUT2D eigenvalue weighted by molar-refractivity contribution is 7.54. The molecule has 10 heteroatoms. The van der Waals surface area contributed by atoms with Gasteiger partial charge in [0.2, 0.25) is 0 Å². The second-order valence-electron chi connectivity index (χ2n) is 4.51. The molecule has 134 valence electrons. The molecule has 0 aliphatic carbocycles. The van der Waals surface area contributed by atoms with Gasteiger partial charge in [-0.25, -0.2) is 4.79 Å². The molecular weight excluding hydrogens is 357 g/mol. The number of nitrogens with one attached hydrogen (secondary N) is 1. The van der Waals surface area contributed by atoms with Crippen molar-refractivity contribution in [3.05, 3.63) is 40.8 Å².